The summed E-state index contributed by atoms with van der Waals surface area (Å²) in [5.74, 6) is 1.08. The van der Waals surface area contributed by atoms with E-state index in [9.17, 15) is 0 Å². The maximum Gasteiger partial charge on any atom is 0.0423 e. The van der Waals surface area contributed by atoms with Crippen molar-refractivity contribution in [3.05, 3.63) is 51.7 Å². The van der Waals surface area contributed by atoms with Gasteiger partial charge in [-0.05, 0) is 56.0 Å². The van der Waals surface area contributed by atoms with Crippen molar-refractivity contribution in [3.8, 4) is 0 Å². The molecule has 1 aromatic carbocycles. The van der Waals surface area contributed by atoms with E-state index in [0.717, 1.165) is 12.3 Å². The van der Waals surface area contributed by atoms with Crippen molar-refractivity contribution in [2.24, 2.45) is 0 Å². The Bertz CT molecular complexity index is 533. The normalized spacial score (nSPS) is 12.6. The van der Waals surface area contributed by atoms with Crippen LogP contribution in [0.15, 0.2) is 40.6 Å². The lowest BCUT2D eigenvalue weighted by Crippen LogP contribution is -2.23. The zero-order valence-electron chi connectivity index (χ0n) is 12.5. The van der Waals surface area contributed by atoms with Gasteiger partial charge in [0.1, 0.15) is 0 Å². The van der Waals surface area contributed by atoms with Crippen molar-refractivity contribution < 1.29 is 0 Å². The molecule has 0 bridgehead atoms. The third-order valence-corrected chi connectivity index (χ3v) is 5.17. The molecule has 1 aromatic heterocycles. The Morgan fingerprint density at radius 2 is 2.10 bits per heavy atom. The average Bonchev–Trinajstić information content (AvgIpc) is 2.85. The van der Waals surface area contributed by atoms with Gasteiger partial charge in [0.15, 0.2) is 0 Å². The van der Waals surface area contributed by atoms with Crippen LogP contribution in [0.1, 0.15) is 35.4 Å². The Kier molecular flexibility index (Phi) is 6.14. The molecule has 108 valence electrons. The van der Waals surface area contributed by atoms with Gasteiger partial charge in [-0.1, -0.05) is 24.6 Å². The number of hydrogen-bond donors (Lipinski definition) is 1. The van der Waals surface area contributed by atoms with Crippen LogP contribution in [-0.2, 0) is 0 Å². The third-order valence-electron chi connectivity index (χ3n) is 3.20. The Labute approximate surface area is 130 Å². The first-order valence-electron chi connectivity index (χ1n) is 7.17. The van der Waals surface area contributed by atoms with Crippen LogP contribution in [0, 0.1) is 13.8 Å². The van der Waals surface area contributed by atoms with Crippen LogP contribution in [0.5, 0.6) is 0 Å². The second-order valence-electron chi connectivity index (χ2n) is 5.12. The maximum absolute atomic E-state index is 3.67. The highest BCUT2D eigenvalue weighted by Crippen LogP contribution is 2.27. The topological polar surface area (TPSA) is 12.0 Å². The van der Waals surface area contributed by atoms with E-state index in [0.29, 0.717) is 6.04 Å². The van der Waals surface area contributed by atoms with E-state index in [1.54, 1.807) is 0 Å². The van der Waals surface area contributed by atoms with Gasteiger partial charge < -0.3 is 5.32 Å². The van der Waals surface area contributed by atoms with Crippen molar-refractivity contribution in [1.82, 2.24) is 5.32 Å². The Balaban J connectivity index is 2.00. The summed E-state index contributed by atoms with van der Waals surface area (Å²) >= 11 is 3.78. The number of nitrogens with one attached hydrogen (secondary N) is 1. The number of benzene rings is 1. The first-order chi connectivity index (χ1) is 9.69. The summed E-state index contributed by atoms with van der Waals surface area (Å²) in [6, 6.07) is 11.5. The molecule has 1 heterocycles. The summed E-state index contributed by atoms with van der Waals surface area (Å²) in [5, 5.41) is 5.96. The lowest BCUT2D eigenvalue weighted by molar-refractivity contribution is 0.578. The van der Waals surface area contributed by atoms with E-state index in [1.807, 2.05) is 23.1 Å². The Morgan fingerprint density at radius 1 is 1.25 bits per heavy atom. The lowest BCUT2D eigenvalue weighted by atomic mass is 10.1. The fraction of sp³-hybridized carbons (Fsp3) is 0.412. The fourth-order valence-electron chi connectivity index (χ4n) is 2.12. The van der Waals surface area contributed by atoms with Crippen LogP contribution in [0.25, 0.3) is 0 Å². The number of thiophene rings is 1. The number of thioether (sulfide) groups is 1. The van der Waals surface area contributed by atoms with Crippen LogP contribution < -0.4 is 5.32 Å². The Morgan fingerprint density at radius 3 is 2.75 bits per heavy atom. The van der Waals surface area contributed by atoms with E-state index >= 15 is 0 Å². The molecule has 20 heavy (non-hydrogen) atoms. The van der Waals surface area contributed by atoms with Gasteiger partial charge in [0.25, 0.3) is 0 Å². The quantitative estimate of drug-likeness (QED) is 0.706. The van der Waals surface area contributed by atoms with Gasteiger partial charge in [0, 0.05) is 21.6 Å². The highest BCUT2D eigenvalue weighted by molar-refractivity contribution is 7.99. The molecule has 1 N–H and O–H groups in total. The van der Waals surface area contributed by atoms with Crippen LogP contribution in [0.4, 0.5) is 0 Å². The predicted molar refractivity (Wildman–Crippen MR) is 92.0 cm³/mol. The molecule has 0 aliphatic rings. The van der Waals surface area contributed by atoms with E-state index in [1.165, 1.54) is 27.3 Å². The van der Waals surface area contributed by atoms with E-state index in [2.05, 4.69) is 61.8 Å². The first-order valence-corrected chi connectivity index (χ1v) is 9.03. The average molecular weight is 306 g/mol. The second kappa shape index (κ2) is 7.87. The summed E-state index contributed by atoms with van der Waals surface area (Å²) in [5.41, 5.74) is 2.76. The molecule has 0 aliphatic carbocycles. The molecule has 2 rings (SSSR count). The molecule has 0 aliphatic heterocycles. The van der Waals surface area contributed by atoms with Crippen molar-refractivity contribution >= 4 is 23.1 Å². The molecule has 0 saturated heterocycles. The minimum absolute atomic E-state index is 0.449. The zero-order valence-corrected chi connectivity index (χ0v) is 14.1. The highest BCUT2D eigenvalue weighted by atomic mass is 32.2. The predicted octanol–water partition coefficient (Wildman–Crippen LogP) is 5.20. The van der Waals surface area contributed by atoms with Crippen molar-refractivity contribution in [2.45, 2.75) is 38.1 Å². The van der Waals surface area contributed by atoms with Crippen molar-refractivity contribution in [2.75, 3.05) is 12.3 Å². The minimum atomic E-state index is 0.449. The van der Waals surface area contributed by atoms with Crippen LogP contribution in [-0.4, -0.2) is 12.3 Å². The summed E-state index contributed by atoms with van der Waals surface area (Å²) in [7, 11) is 0. The van der Waals surface area contributed by atoms with Crippen LogP contribution in [0.2, 0.25) is 0 Å². The van der Waals surface area contributed by atoms with Gasteiger partial charge in [0.2, 0.25) is 0 Å². The smallest absolute Gasteiger partial charge is 0.0423 e. The van der Waals surface area contributed by atoms with E-state index < -0.39 is 0 Å². The highest BCUT2D eigenvalue weighted by Gasteiger charge is 2.12. The molecule has 1 atom stereocenters. The molecule has 3 heteroatoms. The molecule has 0 saturated carbocycles. The van der Waals surface area contributed by atoms with E-state index in [4.69, 9.17) is 0 Å². The molecule has 1 unspecified atom stereocenters. The molecule has 1 nitrogen and oxygen atoms in total. The first kappa shape index (κ1) is 15.6. The fourth-order valence-corrected chi connectivity index (χ4v) is 3.99. The van der Waals surface area contributed by atoms with Gasteiger partial charge in [-0.3, -0.25) is 0 Å². The van der Waals surface area contributed by atoms with E-state index in [-0.39, 0.29) is 0 Å². The summed E-state index contributed by atoms with van der Waals surface area (Å²) in [6.45, 7) is 7.63. The molecular weight excluding hydrogens is 282 g/mol. The molecular formula is C17H23NS2. The molecule has 2 aromatic rings. The lowest BCUT2D eigenvalue weighted by Gasteiger charge is -2.17. The summed E-state index contributed by atoms with van der Waals surface area (Å²) < 4.78 is 0. The van der Waals surface area contributed by atoms with Crippen LogP contribution in [0.3, 0.4) is 0 Å². The summed E-state index contributed by atoms with van der Waals surface area (Å²) in [6.07, 6.45) is 1.18. The number of hydrogen-bond acceptors (Lipinski definition) is 3. The second-order valence-corrected chi connectivity index (χ2v) is 7.33. The number of rotatable bonds is 7. The van der Waals surface area contributed by atoms with Gasteiger partial charge >= 0.3 is 0 Å². The monoisotopic (exact) mass is 305 g/mol. The maximum atomic E-state index is 3.67. The van der Waals surface area contributed by atoms with Crippen molar-refractivity contribution in [3.63, 3.8) is 0 Å². The van der Waals surface area contributed by atoms with Gasteiger partial charge in [-0.15, -0.1) is 23.1 Å². The molecule has 0 spiro atoms. The minimum Gasteiger partial charge on any atom is -0.309 e. The molecule has 0 radical (unpaired) electrons. The van der Waals surface area contributed by atoms with Crippen molar-refractivity contribution in [1.29, 1.82) is 0 Å². The van der Waals surface area contributed by atoms with Gasteiger partial charge in [-0.2, -0.15) is 0 Å². The van der Waals surface area contributed by atoms with Crippen LogP contribution >= 0.6 is 23.1 Å². The zero-order chi connectivity index (χ0) is 14.4. The number of aryl methyl sites for hydroxylation is 2. The summed E-state index contributed by atoms with van der Waals surface area (Å²) in [4.78, 5) is 2.75. The third kappa shape index (κ3) is 4.65. The SMILES string of the molecule is CCCNC(CSc1cccc(C)c1)c1csc(C)c1. The van der Waals surface area contributed by atoms with Gasteiger partial charge in [0.05, 0.1) is 0 Å². The standard InChI is InChI=1S/C17H23NS2/c1-4-8-18-17(15-10-14(3)19-11-15)12-20-16-7-5-6-13(2)9-16/h5-7,9-11,17-18H,4,8,12H2,1-3H3. The largest absolute Gasteiger partial charge is 0.309 e. The molecule has 0 fully saturated rings. The molecule has 0 amide bonds. The Hall–Kier alpha value is -0.770. The van der Waals surface area contributed by atoms with Gasteiger partial charge in [-0.25, -0.2) is 0 Å².